The van der Waals surface area contributed by atoms with E-state index < -0.39 is 10.2 Å². The van der Waals surface area contributed by atoms with Gasteiger partial charge in [0.2, 0.25) is 0 Å². The van der Waals surface area contributed by atoms with Gasteiger partial charge in [0.1, 0.15) is 0 Å². The van der Waals surface area contributed by atoms with Crippen LogP contribution >= 0.6 is 0 Å². The number of rotatable bonds is 8. The molecule has 0 saturated carbocycles. The SMILES string of the molecule is CNC(C)CNS(=O)(=O)NCCOC. The smallest absolute Gasteiger partial charge is 0.277 e. The molecule has 0 rings (SSSR count). The molecule has 0 aliphatic rings. The van der Waals surface area contributed by atoms with Crippen LogP contribution in [0.5, 0.6) is 0 Å². The van der Waals surface area contributed by atoms with Gasteiger partial charge in [0, 0.05) is 26.2 Å². The lowest BCUT2D eigenvalue weighted by molar-refractivity contribution is 0.204. The van der Waals surface area contributed by atoms with Gasteiger partial charge in [-0.25, -0.2) is 4.72 Å². The number of methoxy groups -OCH3 is 1. The first-order valence-electron chi connectivity index (χ1n) is 4.42. The molecular weight excluding hydrogens is 206 g/mol. The highest BCUT2D eigenvalue weighted by Gasteiger charge is 2.09. The molecule has 0 aromatic carbocycles. The van der Waals surface area contributed by atoms with Crippen LogP contribution in [0.2, 0.25) is 0 Å². The highest BCUT2D eigenvalue weighted by atomic mass is 32.2. The Bertz CT molecular complexity index is 230. The number of hydrogen-bond donors (Lipinski definition) is 3. The van der Waals surface area contributed by atoms with E-state index in [1.807, 2.05) is 6.92 Å². The maximum absolute atomic E-state index is 11.2. The second-order valence-corrected chi connectivity index (χ2v) is 4.51. The van der Waals surface area contributed by atoms with Crippen molar-refractivity contribution in [2.24, 2.45) is 0 Å². The molecule has 0 aromatic heterocycles. The maximum atomic E-state index is 11.2. The van der Waals surface area contributed by atoms with Crippen LogP contribution in [0.15, 0.2) is 0 Å². The molecule has 0 spiro atoms. The van der Waals surface area contributed by atoms with E-state index in [2.05, 4.69) is 14.8 Å². The summed E-state index contributed by atoms with van der Waals surface area (Å²) in [6.45, 7) is 2.89. The first kappa shape index (κ1) is 13.8. The molecular formula is C7H19N3O3S. The molecule has 0 aliphatic heterocycles. The summed E-state index contributed by atoms with van der Waals surface area (Å²) in [4.78, 5) is 0. The van der Waals surface area contributed by atoms with Gasteiger partial charge in [0.25, 0.3) is 10.2 Å². The number of nitrogens with one attached hydrogen (secondary N) is 3. The molecule has 1 unspecified atom stereocenters. The van der Waals surface area contributed by atoms with Gasteiger partial charge in [-0.1, -0.05) is 0 Å². The topological polar surface area (TPSA) is 79.5 Å². The lowest BCUT2D eigenvalue weighted by Crippen LogP contribution is -2.43. The number of hydrogen-bond acceptors (Lipinski definition) is 4. The molecule has 1 atom stereocenters. The third-order valence-electron chi connectivity index (χ3n) is 1.67. The second kappa shape index (κ2) is 7.13. The van der Waals surface area contributed by atoms with E-state index in [0.717, 1.165) is 0 Å². The van der Waals surface area contributed by atoms with E-state index in [1.165, 1.54) is 7.11 Å². The summed E-state index contributed by atoms with van der Waals surface area (Å²) >= 11 is 0. The largest absolute Gasteiger partial charge is 0.383 e. The summed E-state index contributed by atoms with van der Waals surface area (Å²) in [6, 6.07) is 0.106. The third-order valence-corrected chi connectivity index (χ3v) is 2.80. The summed E-state index contributed by atoms with van der Waals surface area (Å²) in [5.41, 5.74) is 0. The predicted octanol–water partition coefficient (Wildman–Crippen LogP) is -1.34. The van der Waals surface area contributed by atoms with E-state index in [-0.39, 0.29) is 12.6 Å². The zero-order valence-electron chi connectivity index (χ0n) is 8.83. The minimum absolute atomic E-state index is 0.106. The molecule has 6 nitrogen and oxygen atoms in total. The van der Waals surface area contributed by atoms with Crippen molar-refractivity contribution < 1.29 is 13.2 Å². The second-order valence-electron chi connectivity index (χ2n) is 2.93. The van der Waals surface area contributed by atoms with Crippen molar-refractivity contribution in [3.63, 3.8) is 0 Å². The Hall–Kier alpha value is -0.210. The normalized spacial score (nSPS) is 14.2. The fourth-order valence-electron chi connectivity index (χ4n) is 0.666. The Labute approximate surface area is 85.6 Å². The third kappa shape index (κ3) is 7.22. The molecule has 0 amide bonds. The van der Waals surface area contributed by atoms with Gasteiger partial charge in [-0.15, -0.1) is 0 Å². The first-order chi connectivity index (χ1) is 6.52. The Morgan fingerprint density at radius 3 is 2.50 bits per heavy atom. The van der Waals surface area contributed by atoms with Crippen molar-refractivity contribution in [2.45, 2.75) is 13.0 Å². The van der Waals surface area contributed by atoms with Crippen LogP contribution in [-0.2, 0) is 14.9 Å². The van der Waals surface area contributed by atoms with Crippen LogP contribution in [0, 0.1) is 0 Å². The van der Waals surface area contributed by atoms with E-state index in [9.17, 15) is 8.42 Å². The molecule has 0 fully saturated rings. The van der Waals surface area contributed by atoms with Crippen LogP contribution in [0.25, 0.3) is 0 Å². The summed E-state index contributed by atoms with van der Waals surface area (Å²) < 4.78 is 31.9. The Kier molecular flexibility index (Phi) is 7.02. The van der Waals surface area contributed by atoms with Crippen molar-refractivity contribution in [2.75, 3.05) is 33.9 Å². The van der Waals surface area contributed by atoms with Gasteiger partial charge in [0.15, 0.2) is 0 Å². The van der Waals surface area contributed by atoms with Gasteiger partial charge >= 0.3 is 0 Å². The van der Waals surface area contributed by atoms with Crippen molar-refractivity contribution in [1.29, 1.82) is 0 Å². The highest BCUT2D eigenvalue weighted by molar-refractivity contribution is 7.87. The van der Waals surface area contributed by atoms with Gasteiger partial charge in [0.05, 0.1) is 6.61 Å². The summed E-state index contributed by atoms with van der Waals surface area (Å²) in [6.07, 6.45) is 0. The van der Waals surface area contributed by atoms with Gasteiger partial charge in [-0.2, -0.15) is 13.1 Å². The molecule has 0 heterocycles. The molecule has 0 saturated heterocycles. The number of ether oxygens (including phenoxy) is 1. The molecule has 0 aliphatic carbocycles. The minimum Gasteiger partial charge on any atom is -0.383 e. The van der Waals surface area contributed by atoms with Gasteiger partial charge in [-0.05, 0) is 14.0 Å². The number of likely N-dealkylation sites (N-methyl/N-ethyl adjacent to an activating group) is 1. The molecule has 7 heteroatoms. The standard InChI is InChI=1S/C7H19N3O3S/c1-7(8-2)6-10-14(11,12)9-4-5-13-3/h7-10H,4-6H2,1-3H3. The zero-order valence-corrected chi connectivity index (χ0v) is 9.65. The van der Waals surface area contributed by atoms with Crippen LogP contribution in [0.4, 0.5) is 0 Å². The Morgan fingerprint density at radius 2 is 2.00 bits per heavy atom. The van der Waals surface area contributed by atoms with Crippen molar-refractivity contribution in [3.8, 4) is 0 Å². The lowest BCUT2D eigenvalue weighted by Gasteiger charge is -2.12. The molecule has 0 aromatic rings. The van der Waals surface area contributed by atoms with E-state index in [0.29, 0.717) is 13.2 Å². The minimum atomic E-state index is -3.38. The Morgan fingerprint density at radius 1 is 1.36 bits per heavy atom. The Balaban J connectivity index is 3.73. The molecule has 86 valence electrons. The van der Waals surface area contributed by atoms with Crippen LogP contribution in [0.3, 0.4) is 0 Å². The van der Waals surface area contributed by atoms with Crippen molar-refractivity contribution >= 4 is 10.2 Å². The summed E-state index contributed by atoms with van der Waals surface area (Å²) in [5.74, 6) is 0. The van der Waals surface area contributed by atoms with Gasteiger partial charge < -0.3 is 10.1 Å². The molecule has 3 N–H and O–H groups in total. The monoisotopic (exact) mass is 225 g/mol. The molecule has 0 bridgehead atoms. The van der Waals surface area contributed by atoms with E-state index in [1.54, 1.807) is 7.05 Å². The maximum Gasteiger partial charge on any atom is 0.277 e. The lowest BCUT2D eigenvalue weighted by atomic mass is 10.4. The fraction of sp³-hybridized carbons (Fsp3) is 1.00. The average molecular weight is 225 g/mol. The van der Waals surface area contributed by atoms with E-state index >= 15 is 0 Å². The van der Waals surface area contributed by atoms with Crippen LogP contribution in [0.1, 0.15) is 6.92 Å². The summed E-state index contributed by atoms with van der Waals surface area (Å²) in [5, 5.41) is 2.93. The average Bonchev–Trinajstić information content (AvgIpc) is 2.14. The highest BCUT2D eigenvalue weighted by Crippen LogP contribution is 1.80. The predicted molar refractivity (Wildman–Crippen MR) is 55.3 cm³/mol. The summed E-state index contributed by atoms with van der Waals surface area (Å²) in [7, 11) is -0.0852. The molecule has 14 heavy (non-hydrogen) atoms. The van der Waals surface area contributed by atoms with E-state index in [4.69, 9.17) is 4.74 Å². The van der Waals surface area contributed by atoms with Crippen LogP contribution in [-0.4, -0.2) is 48.3 Å². The first-order valence-corrected chi connectivity index (χ1v) is 5.90. The van der Waals surface area contributed by atoms with Crippen molar-refractivity contribution in [3.05, 3.63) is 0 Å². The van der Waals surface area contributed by atoms with Gasteiger partial charge in [-0.3, -0.25) is 0 Å². The fourth-order valence-corrected chi connectivity index (χ4v) is 1.59. The zero-order chi connectivity index (χ0) is 11.0. The van der Waals surface area contributed by atoms with Crippen molar-refractivity contribution in [1.82, 2.24) is 14.8 Å². The molecule has 0 radical (unpaired) electrons. The van der Waals surface area contributed by atoms with Crippen LogP contribution < -0.4 is 14.8 Å². The quantitative estimate of drug-likeness (QED) is 0.447.